The molecule has 1 aromatic carbocycles. The first-order chi connectivity index (χ1) is 14.7. The quantitative estimate of drug-likeness (QED) is 0.430. The van der Waals surface area contributed by atoms with E-state index in [0.717, 1.165) is 6.07 Å². The lowest BCUT2D eigenvalue weighted by molar-refractivity contribution is -0.138. The van der Waals surface area contributed by atoms with E-state index in [0.29, 0.717) is 10.6 Å². The van der Waals surface area contributed by atoms with Gasteiger partial charge in [-0.25, -0.2) is 14.2 Å². The van der Waals surface area contributed by atoms with Gasteiger partial charge in [-0.2, -0.15) is 5.26 Å². The Morgan fingerprint density at radius 1 is 1.29 bits per heavy atom. The Morgan fingerprint density at radius 3 is 2.61 bits per heavy atom. The molecule has 0 spiro atoms. The molecule has 160 valence electrons. The number of carbonyl (C=O) groups is 1. The first-order valence-electron chi connectivity index (χ1n) is 8.65. The summed E-state index contributed by atoms with van der Waals surface area (Å²) in [7, 11) is 0. The van der Waals surface area contributed by atoms with Gasteiger partial charge < -0.3 is 15.2 Å². The highest BCUT2D eigenvalue weighted by Gasteiger charge is 2.40. The molecule has 2 N–H and O–H groups in total. The van der Waals surface area contributed by atoms with E-state index >= 15 is 0 Å². The molecular formula is C20H12Cl4FN3O3. The number of esters is 1. The number of benzene rings is 1. The number of hydrogen-bond donors (Lipinski definition) is 1. The Bertz CT molecular complexity index is 1190. The number of allylic oxidation sites excluding steroid dienone is 1. The molecular weight excluding hydrogens is 491 g/mol. The number of pyridine rings is 1. The van der Waals surface area contributed by atoms with Crippen LogP contribution in [-0.4, -0.2) is 17.6 Å². The van der Waals surface area contributed by atoms with Crippen molar-refractivity contribution < 1.29 is 18.7 Å². The van der Waals surface area contributed by atoms with Crippen LogP contribution in [-0.2, 0) is 14.3 Å². The van der Waals surface area contributed by atoms with Crippen molar-refractivity contribution >= 4 is 58.1 Å². The predicted octanol–water partition coefficient (Wildman–Crippen LogP) is 5.62. The van der Waals surface area contributed by atoms with E-state index < -0.39 is 22.9 Å². The molecule has 3 rings (SSSR count). The van der Waals surface area contributed by atoms with Gasteiger partial charge in [0.05, 0.1) is 23.7 Å². The van der Waals surface area contributed by atoms with Gasteiger partial charge in [0.2, 0.25) is 5.88 Å². The van der Waals surface area contributed by atoms with E-state index in [-0.39, 0.29) is 45.1 Å². The van der Waals surface area contributed by atoms with Crippen LogP contribution in [0.4, 0.5) is 4.39 Å². The van der Waals surface area contributed by atoms with Crippen LogP contribution in [0.5, 0.6) is 0 Å². The van der Waals surface area contributed by atoms with Gasteiger partial charge in [-0.1, -0.05) is 52.5 Å². The van der Waals surface area contributed by atoms with Crippen molar-refractivity contribution in [1.82, 2.24) is 4.98 Å². The third-order valence-corrected chi connectivity index (χ3v) is 5.44. The summed E-state index contributed by atoms with van der Waals surface area (Å²) >= 11 is 24.2. The number of nitrogens with zero attached hydrogens (tertiary/aromatic N) is 2. The zero-order chi connectivity index (χ0) is 22.9. The Kier molecular flexibility index (Phi) is 6.97. The smallest absolute Gasteiger partial charge is 0.338 e. The second kappa shape index (κ2) is 9.33. The Balaban J connectivity index is 2.38. The van der Waals surface area contributed by atoms with E-state index in [2.05, 4.69) is 4.98 Å². The van der Waals surface area contributed by atoms with Crippen LogP contribution in [0.1, 0.15) is 24.0 Å². The minimum absolute atomic E-state index is 0.0126. The molecule has 2 heterocycles. The van der Waals surface area contributed by atoms with Gasteiger partial charge in [0.25, 0.3) is 0 Å². The highest BCUT2D eigenvalue weighted by Crippen LogP contribution is 2.46. The van der Waals surface area contributed by atoms with Crippen LogP contribution in [0, 0.1) is 17.1 Å². The van der Waals surface area contributed by atoms with Crippen molar-refractivity contribution in [3.8, 4) is 6.07 Å². The van der Waals surface area contributed by atoms with Crippen LogP contribution in [0.15, 0.2) is 41.3 Å². The molecule has 1 aliphatic heterocycles. The summed E-state index contributed by atoms with van der Waals surface area (Å²) < 4.78 is 24.9. The van der Waals surface area contributed by atoms with E-state index in [9.17, 15) is 14.4 Å². The number of halogens is 5. The van der Waals surface area contributed by atoms with E-state index in [1.165, 1.54) is 18.2 Å². The summed E-state index contributed by atoms with van der Waals surface area (Å²) in [6.07, 6.45) is 0. The summed E-state index contributed by atoms with van der Waals surface area (Å²) in [6, 6.07) is 7.38. The highest BCUT2D eigenvalue weighted by molar-refractivity contribution is 6.35. The van der Waals surface area contributed by atoms with E-state index in [1.807, 2.05) is 6.07 Å². The van der Waals surface area contributed by atoms with E-state index in [1.54, 1.807) is 6.92 Å². The van der Waals surface area contributed by atoms with Gasteiger partial charge in [0.15, 0.2) is 16.7 Å². The molecule has 0 amide bonds. The second-order valence-corrected chi connectivity index (χ2v) is 7.71. The molecule has 0 fully saturated rings. The first-order valence-corrected chi connectivity index (χ1v) is 10.2. The maximum atomic E-state index is 14.2. The van der Waals surface area contributed by atoms with Crippen molar-refractivity contribution in [2.24, 2.45) is 5.73 Å². The lowest BCUT2D eigenvalue weighted by Gasteiger charge is -2.29. The monoisotopic (exact) mass is 501 g/mol. The van der Waals surface area contributed by atoms with Gasteiger partial charge in [0.1, 0.15) is 16.8 Å². The molecule has 0 aliphatic carbocycles. The topological polar surface area (TPSA) is 98.2 Å². The zero-order valence-electron chi connectivity index (χ0n) is 15.7. The summed E-state index contributed by atoms with van der Waals surface area (Å²) in [5.74, 6) is -3.42. The zero-order valence-corrected chi connectivity index (χ0v) is 18.7. The summed E-state index contributed by atoms with van der Waals surface area (Å²) in [6.45, 7) is 1.61. The van der Waals surface area contributed by atoms with Gasteiger partial charge in [-0.15, -0.1) is 0 Å². The molecule has 1 atom stereocenters. The van der Waals surface area contributed by atoms with Crippen molar-refractivity contribution in [2.75, 3.05) is 6.61 Å². The summed E-state index contributed by atoms with van der Waals surface area (Å²) in [5, 5.41) is 9.51. The Hall–Kier alpha value is -2.50. The molecule has 1 aromatic heterocycles. The average molecular weight is 503 g/mol. The largest absolute Gasteiger partial charge is 0.463 e. The first kappa shape index (κ1) is 23.2. The molecule has 6 nitrogen and oxygen atoms in total. The Morgan fingerprint density at radius 2 is 2.00 bits per heavy atom. The molecule has 0 radical (unpaired) electrons. The second-order valence-electron chi connectivity index (χ2n) is 6.15. The molecule has 1 unspecified atom stereocenters. The third-order valence-electron chi connectivity index (χ3n) is 4.32. The van der Waals surface area contributed by atoms with Crippen LogP contribution in [0.3, 0.4) is 0 Å². The van der Waals surface area contributed by atoms with Crippen molar-refractivity contribution in [1.29, 1.82) is 5.26 Å². The molecule has 1 aliphatic rings. The van der Waals surface area contributed by atoms with Gasteiger partial charge in [-0.05, 0) is 30.7 Å². The predicted molar refractivity (Wildman–Crippen MR) is 115 cm³/mol. The van der Waals surface area contributed by atoms with Crippen LogP contribution in [0.25, 0.3) is 5.76 Å². The number of rotatable bonds is 4. The molecule has 0 bridgehead atoms. The van der Waals surface area contributed by atoms with Gasteiger partial charge in [-0.3, -0.25) is 0 Å². The lowest BCUT2D eigenvalue weighted by atomic mass is 9.82. The third kappa shape index (κ3) is 4.43. The number of aromatic nitrogens is 1. The number of nitrogens with two attached hydrogens (primary N) is 1. The normalized spacial score (nSPS) is 16.1. The van der Waals surface area contributed by atoms with Crippen molar-refractivity contribution in [3.05, 3.63) is 78.6 Å². The fourth-order valence-electron chi connectivity index (χ4n) is 3.03. The summed E-state index contributed by atoms with van der Waals surface area (Å²) in [5.41, 5.74) is 5.93. The van der Waals surface area contributed by atoms with Gasteiger partial charge in [0, 0.05) is 10.0 Å². The highest BCUT2D eigenvalue weighted by atomic mass is 35.5. The number of carbonyl (C=O) groups excluding carboxylic acids is 1. The molecule has 11 heteroatoms. The number of nitriles is 1. The summed E-state index contributed by atoms with van der Waals surface area (Å²) in [4.78, 5) is 16.7. The number of ether oxygens (including phenoxy) is 2. The Labute approximate surface area is 196 Å². The van der Waals surface area contributed by atoms with Crippen LogP contribution in [0.2, 0.25) is 20.4 Å². The molecule has 0 saturated heterocycles. The van der Waals surface area contributed by atoms with Crippen molar-refractivity contribution in [2.45, 2.75) is 12.8 Å². The van der Waals surface area contributed by atoms with Gasteiger partial charge >= 0.3 is 5.97 Å². The van der Waals surface area contributed by atoms with Crippen molar-refractivity contribution in [3.63, 3.8) is 0 Å². The van der Waals surface area contributed by atoms with Crippen LogP contribution < -0.4 is 5.73 Å². The minimum Gasteiger partial charge on any atom is -0.463 e. The average Bonchev–Trinajstić information content (AvgIpc) is 2.70. The lowest BCUT2D eigenvalue weighted by Crippen LogP contribution is -2.26. The maximum Gasteiger partial charge on any atom is 0.338 e. The minimum atomic E-state index is -1.10. The number of hydrogen-bond acceptors (Lipinski definition) is 6. The fourth-order valence-corrected chi connectivity index (χ4v) is 3.95. The molecule has 0 saturated carbocycles. The standard InChI is InChI=1S/C20H12Cl4FN3O3/c1-2-30-20(29)15-14(9-4-3-8(21)5-12(9)22)11(7-26)19(27)31-16(15)10-6-13(25)18(24)28-17(10)23/h3-6,14H,2,27H2,1H3. The molecule has 31 heavy (non-hydrogen) atoms. The van der Waals surface area contributed by atoms with Crippen LogP contribution >= 0.6 is 46.4 Å². The fraction of sp³-hybridized carbons (Fsp3) is 0.150. The SMILES string of the molecule is CCOC(=O)C1=C(c2cc(F)c(Cl)nc2Cl)OC(N)=C(C#N)C1c1ccc(Cl)cc1Cl. The van der Waals surface area contributed by atoms with E-state index in [4.69, 9.17) is 61.6 Å². The maximum absolute atomic E-state index is 14.2. The molecule has 2 aromatic rings.